The van der Waals surface area contributed by atoms with Gasteiger partial charge in [-0.1, -0.05) is 0 Å². The fraction of sp³-hybridized carbons (Fsp3) is 0.846. The van der Waals surface area contributed by atoms with Crippen molar-refractivity contribution in [1.82, 2.24) is 15.5 Å². The highest BCUT2D eigenvalue weighted by atomic mass is 35.5. The molecule has 2 atom stereocenters. The zero-order valence-electron chi connectivity index (χ0n) is 11.9. The molecule has 0 radical (unpaired) electrons. The Morgan fingerprint density at radius 3 is 2.90 bits per heavy atom. The van der Waals surface area contributed by atoms with Crippen LogP contribution in [0.25, 0.3) is 0 Å². The summed E-state index contributed by atoms with van der Waals surface area (Å²) in [6.07, 6.45) is 2.23. The molecular formula is C13H24ClN3O3. The molecule has 0 aromatic rings. The van der Waals surface area contributed by atoms with Gasteiger partial charge in [-0.05, 0) is 12.8 Å². The summed E-state index contributed by atoms with van der Waals surface area (Å²) >= 11 is 0. The van der Waals surface area contributed by atoms with Crippen molar-refractivity contribution in [2.45, 2.75) is 25.3 Å². The molecule has 0 bridgehead atoms. The normalized spacial score (nSPS) is 26.6. The van der Waals surface area contributed by atoms with Crippen molar-refractivity contribution in [1.29, 1.82) is 0 Å². The fourth-order valence-electron chi connectivity index (χ4n) is 2.71. The lowest BCUT2D eigenvalue weighted by atomic mass is 9.96. The van der Waals surface area contributed by atoms with Gasteiger partial charge >= 0.3 is 0 Å². The topological polar surface area (TPSA) is 70.7 Å². The van der Waals surface area contributed by atoms with Gasteiger partial charge in [0, 0.05) is 39.1 Å². The van der Waals surface area contributed by atoms with Gasteiger partial charge in [-0.15, -0.1) is 12.4 Å². The molecule has 2 amide bonds. The minimum Gasteiger partial charge on any atom is -0.378 e. The molecule has 7 heteroatoms. The van der Waals surface area contributed by atoms with Gasteiger partial charge < -0.3 is 20.3 Å². The van der Waals surface area contributed by atoms with Crippen LogP contribution in [0.5, 0.6) is 0 Å². The Labute approximate surface area is 126 Å². The van der Waals surface area contributed by atoms with Crippen LogP contribution in [0.2, 0.25) is 0 Å². The lowest BCUT2D eigenvalue weighted by Crippen LogP contribution is -2.48. The maximum absolute atomic E-state index is 12.2. The van der Waals surface area contributed by atoms with Crippen LogP contribution in [0, 0.1) is 5.92 Å². The highest BCUT2D eigenvalue weighted by Crippen LogP contribution is 2.18. The van der Waals surface area contributed by atoms with E-state index < -0.39 is 0 Å². The third-order valence-electron chi connectivity index (χ3n) is 3.81. The minimum absolute atomic E-state index is 0. The summed E-state index contributed by atoms with van der Waals surface area (Å²) in [5, 5.41) is 5.95. The van der Waals surface area contributed by atoms with Crippen LogP contribution in [0.1, 0.15) is 19.3 Å². The van der Waals surface area contributed by atoms with E-state index in [0.717, 1.165) is 25.9 Å². The van der Waals surface area contributed by atoms with Crippen molar-refractivity contribution in [2.75, 3.05) is 39.9 Å². The van der Waals surface area contributed by atoms with Crippen molar-refractivity contribution < 1.29 is 14.3 Å². The average molecular weight is 306 g/mol. The number of morpholine rings is 1. The van der Waals surface area contributed by atoms with Gasteiger partial charge in [0.1, 0.15) is 0 Å². The first-order valence-corrected chi connectivity index (χ1v) is 7.01. The molecule has 0 aromatic heterocycles. The number of carbonyl (C=O) groups is 2. The van der Waals surface area contributed by atoms with Crippen LogP contribution in [0.3, 0.4) is 0 Å². The number of hydrogen-bond donors (Lipinski definition) is 2. The quantitative estimate of drug-likeness (QED) is 0.756. The van der Waals surface area contributed by atoms with Crippen LogP contribution in [0.15, 0.2) is 0 Å². The Hall–Kier alpha value is -0.850. The summed E-state index contributed by atoms with van der Waals surface area (Å²) in [6.45, 7) is 3.43. The maximum Gasteiger partial charge on any atom is 0.224 e. The van der Waals surface area contributed by atoms with Crippen LogP contribution in [-0.2, 0) is 14.3 Å². The number of ether oxygens (including phenoxy) is 1. The minimum atomic E-state index is -0.0572. The van der Waals surface area contributed by atoms with Crippen molar-refractivity contribution in [3.8, 4) is 0 Å². The summed E-state index contributed by atoms with van der Waals surface area (Å²) < 4.78 is 5.35. The highest BCUT2D eigenvalue weighted by molar-refractivity contribution is 5.85. The Balaban J connectivity index is 0.00000200. The van der Waals surface area contributed by atoms with Crippen molar-refractivity contribution >= 4 is 24.2 Å². The van der Waals surface area contributed by atoms with E-state index in [0.29, 0.717) is 26.2 Å². The Kier molecular flexibility index (Phi) is 7.26. The maximum atomic E-state index is 12.2. The zero-order valence-corrected chi connectivity index (χ0v) is 12.7. The Morgan fingerprint density at radius 1 is 1.45 bits per heavy atom. The molecule has 2 rings (SSSR count). The van der Waals surface area contributed by atoms with Gasteiger partial charge in [0.15, 0.2) is 0 Å². The van der Waals surface area contributed by atoms with Gasteiger partial charge in [0.05, 0.1) is 19.1 Å². The third-order valence-corrected chi connectivity index (χ3v) is 3.81. The molecule has 0 aliphatic carbocycles. The summed E-state index contributed by atoms with van der Waals surface area (Å²) in [5.41, 5.74) is 0. The van der Waals surface area contributed by atoms with Gasteiger partial charge in [0.2, 0.25) is 11.8 Å². The number of amides is 2. The van der Waals surface area contributed by atoms with E-state index in [4.69, 9.17) is 4.74 Å². The summed E-state index contributed by atoms with van der Waals surface area (Å²) in [4.78, 5) is 25.7. The second-order valence-corrected chi connectivity index (χ2v) is 5.22. The monoisotopic (exact) mass is 305 g/mol. The molecule has 2 fully saturated rings. The molecule has 0 spiro atoms. The van der Waals surface area contributed by atoms with E-state index in [9.17, 15) is 9.59 Å². The molecule has 2 saturated heterocycles. The van der Waals surface area contributed by atoms with Crippen LogP contribution in [0.4, 0.5) is 0 Å². The second kappa shape index (κ2) is 8.44. The Bertz CT molecular complexity index is 335. The van der Waals surface area contributed by atoms with E-state index in [2.05, 4.69) is 10.6 Å². The average Bonchev–Trinajstić information content (AvgIpc) is 2.47. The van der Waals surface area contributed by atoms with Gasteiger partial charge in [-0.3, -0.25) is 9.59 Å². The summed E-state index contributed by atoms with van der Waals surface area (Å²) in [5.74, 6) is 0.103. The van der Waals surface area contributed by atoms with E-state index in [1.807, 2.05) is 4.90 Å². The van der Waals surface area contributed by atoms with Gasteiger partial charge in [-0.25, -0.2) is 0 Å². The number of hydrogen-bond acceptors (Lipinski definition) is 4. The number of rotatable bonds is 3. The van der Waals surface area contributed by atoms with Gasteiger partial charge in [0.25, 0.3) is 0 Å². The van der Waals surface area contributed by atoms with Crippen molar-refractivity contribution in [2.24, 2.45) is 5.92 Å². The predicted octanol–water partition coefficient (Wildman–Crippen LogP) is -0.229. The number of nitrogens with zero attached hydrogens (tertiary/aromatic N) is 1. The molecule has 2 unspecified atom stereocenters. The zero-order chi connectivity index (χ0) is 13.7. The number of piperidine rings is 1. The summed E-state index contributed by atoms with van der Waals surface area (Å²) in [7, 11) is 1.65. The third kappa shape index (κ3) is 4.61. The molecule has 2 aliphatic heterocycles. The van der Waals surface area contributed by atoms with Crippen LogP contribution in [-0.4, -0.2) is 62.7 Å². The van der Waals surface area contributed by atoms with E-state index in [1.54, 1.807) is 7.05 Å². The summed E-state index contributed by atoms with van der Waals surface area (Å²) in [6, 6.07) is 0.113. The van der Waals surface area contributed by atoms with E-state index in [1.165, 1.54) is 0 Å². The van der Waals surface area contributed by atoms with Crippen LogP contribution >= 0.6 is 12.4 Å². The first-order valence-electron chi connectivity index (χ1n) is 7.01. The molecule has 6 nitrogen and oxygen atoms in total. The number of carbonyl (C=O) groups excluding carboxylic acids is 2. The SMILES string of the molecule is CNC(=O)C1CCCN(C(=O)CC2COCCN2)C1.Cl. The van der Waals surface area contributed by atoms with Crippen molar-refractivity contribution in [3.63, 3.8) is 0 Å². The smallest absolute Gasteiger partial charge is 0.224 e. The number of nitrogens with one attached hydrogen (secondary N) is 2. The van der Waals surface area contributed by atoms with E-state index >= 15 is 0 Å². The molecule has 0 saturated carbocycles. The molecule has 0 aromatic carbocycles. The lowest BCUT2D eigenvalue weighted by Gasteiger charge is -2.33. The Morgan fingerprint density at radius 2 is 2.25 bits per heavy atom. The lowest BCUT2D eigenvalue weighted by molar-refractivity contribution is -0.136. The van der Waals surface area contributed by atoms with Crippen molar-refractivity contribution in [3.05, 3.63) is 0 Å². The number of halogens is 1. The molecule has 2 aliphatic rings. The second-order valence-electron chi connectivity index (χ2n) is 5.22. The molecule has 116 valence electrons. The van der Waals surface area contributed by atoms with Gasteiger partial charge in [-0.2, -0.15) is 0 Å². The highest BCUT2D eigenvalue weighted by Gasteiger charge is 2.29. The predicted molar refractivity (Wildman–Crippen MR) is 77.8 cm³/mol. The molecule has 2 heterocycles. The first-order chi connectivity index (χ1) is 9.20. The molecular weight excluding hydrogens is 282 g/mol. The van der Waals surface area contributed by atoms with E-state index in [-0.39, 0.29) is 36.2 Å². The van der Waals surface area contributed by atoms with Crippen LogP contribution < -0.4 is 10.6 Å². The standard InChI is InChI=1S/C13H23N3O3.ClH/c1-14-13(18)10-3-2-5-16(8-10)12(17)7-11-9-19-6-4-15-11;/h10-11,15H,2-9H2,1H3,(H,14,18);1H. The molecule has 2 N–H and O–H groups in total. The number of likely N-dealkylation sites (tertiary alicyclic amines) is 1. The largest absolute Gasteiger partial charge is 0.378 e. The first kappa shape index (κ1) is 17.2. The fourth-order valence-corrected chi connectivity index (χ4v) is 2.71. The molecule has 20 heavy (non-hydrogen) atoms.